The van der Waals surface area contributed by atoms with E-state index < -0.39 is 0 Å². The number of hydrogen-bond donors (Lipinski definition) is 1. The molecule has 6 heteroatoms. The monoisotopic (exact) mass is 395 g/mol. The van der Waals surface area contributed by atoms with Gasteiger partial charge in [-0.25, -0.2) is 4.98 Å². The van der Waals surface area contributed by atoms with Crippen LogP contribution in [0.25, 0.3) is 10.8 Å². The van der Waals surface area contributed by atoms with Crippen molar-refractivity contribution in [2.24, 2.45) is 0 Å². The van der Waals surface area contributed by atoms with Crippen LogP contribution in [0.5, 0.6) is 0 Å². The number of nitrogens with one attached hydrogen (secondary N) is 1. The normalized spacial score (nSPS) is 10.8. The van der Waals surface area contributed by atoms with Crippen LogP contribution in [0, 0.1) is 13.8 Å². The summed E-state index contributed by atoms with van der Waals surface area (Å²) < 4.78 is 0. The van der Waals surface area contributed by atoms with E-state index >= 15 is 0 Å². The minimum atomic E-state index is -0.224. The Morgan fingerprint density at radius 3 is 2.57 bits per heavy atom. The Morgan fingerprint density at radius 1 is 1.11 bits per heavy atom. The summed E-state index contributed by atoms with van der Waals surface area (Å²) in [5.74, 6) is -0.342. The van der Waals surface area contributed by atoms with Crippen molar-refractivity contribution in [3.05, 3.63) is 58.6 Å². The summed E-state index contributed by atoms with van der Waals surface area (Å²) in [4.78, 5) is 32.9. The van der Waals surface area contributed by atoms with Crippen LogP contribution >= 0.6 is 11.3 Å². The first-order valence-corrected chi connectivity index (χ1v) is 10.3. The van der Waals surface area contributed by atoms with Gasteiger partial charge in [0.15, 0.2) is 5.13 Å². The van der Waals surface area contributed by atoms with E-state index in [-0.39, 0.29) is 18.4 Å². The molecule has 0 saturated carbocycles. The van der Waals surface area contributed by atoms with Crippen LogP contribution in [0.1, 0.15) is 40.7 Å². The largest absolute Gasteiger partial charge is 0.329 e. The van der Waals surface area contributed by atoms with Gasteiger partial charge in [0.2, 0.25) is 5.91 Å². The van der Waals surface area contributed by atoms with Crippen molar-refractivity contribution in [3.63, 3.8) is 0 Å². The first-order chi connectivity index (χ1) is 13.5. The molecule has 0 fully saturated rings. The van der Waals surface area contributed by atoms with Gasteiger partial charge in [-0.15, -0.1) is 11.3 Å². The smallest absolute Gasteiger partial charge is 0.254 e. The molecule has 3 aromatic rings. The van der Waals surface area contributed by atoms with Crippen LogP contribution in [0.4, 0.5) is 5.13 Å². The van der Waals surface area contributed by atoms with Gasteiger partial charge in [-0.05, 0) is 37.1 Å². The number of hydrogen-bond acceptors (Lipinski definition) is 4. The molecule has 1 aromatic heterocycles. The molecule has 3 rings (SSSR count). The maximum absolute atomic E-state index is 13.2. The number of carbonyl (C=O) groups excluding carboxylic acids is 2. The molecule has 5 nitrogen and oxygen atoms in total. The zero-order chi connectivity index (χ0) is 20.1. The van der Waals surface area contributed by atoms with Crippen LogP contribution in [-0.2, 0) is 4.79 Å². The van der Waals surface area contributed by atoms with Gasteiger partial charge < -0.3 is 10.2 Å². The Hall–Kier alpha value is -2.73. The fraction of sp³-hybridized carbons (Fsp3) is 0.318. The maximum Gasteiger partial charge on any atom is 0.254 e. The molecule has 2 amide bonds. The van der Waals surface area contributed by atoms with E-state index in [4.69, 9.17) is 0 Å². The summed E-state index contributed by atoms with van der Waals surface area (Å²) in [5, 5.41) is 5.33. The second kappa shape index (κ2) is 8.97. The summed E-state index contributed by atoms with van der Waals surface area (Å²) in [5.41, 5.74) is 1.54. The molecule has 0 bridgehead atoms. The Balaban J connectivity index is 1.80. The molecule has 0 spiro atoms. The number of carbonyl (C=O) groups is 2. The predicted molar refractivity (Wildman–Crippen MR) is 115 cm³/mol. The summed E-state index contributed by atoms with van der Waals surface area (Å²) in [6.07, 6.45) is 1.80. The number of amides is 2. The lowest BCUT2D eigenvalue weighted by Gasteiger charge is -2.22. The summed E-state index contributed by atoms with van der Waals surface area (Å²) in [6, 6.07) is 13.5. The number of benzene rings is 2. The van der Waals surface area contributed by atoms with Gasteiger partial charge in [0.25, 0.3) is 5.91 Å². The minimum absolute atomic E-state index is 0.0136. The van der Waals surface area contributed by atoms with E-state index in [0.29, 0.717) is 17.2 Å². The number of fused-ring (bicyclic) bond motifs is 1. The van der Waals surface area contributed by atoms with Gasteiger partial charge in [0.1, 0.15) is 6.54 Å². The van der Waals surface area contributed by atoms with E-state index in [1.165, 1.54) is 11.3 Å². The molecule has 0 atom stereocenters. The van der Waals surface area contributed by atoms with Crippen LogP contribution < -0.4 is 5.32 Å². The van der Waals surface area contributed by atoms with Crippen molar-refractivity contribution in [2.75, 3.05) is 18.4 Å². The molecule has 2 aromatic carbocycles. The van der Waals surface area contributed by atoms with Crippen molar-refractivity contribution >= 4 is 39.1 Å². The van der Waals surface area contributed by atoms with E-state index in [9.17, 15) is 9.59 Å². The molecular formula is C22H25N3O2S. The van der Waals surface area contributed by atoms with Crippen molar-refractivity contribution in [2.45, 2.75) is 33.6 Å². The molecular weight excluding hydrogens is 370 g/mol. The van der Waals surface area contributed by atoms with Gasteiger partial charge in [0.05, 0.1) is 5.69 Å². The van der Waals surface area contributed by atoms with Gasteiger partial charge in [-0.2, -0.15) is 0 Å². The second-order valence-corrected chi connectivity index (χ2v) is 8.02. The average Bonchev–Trinajstić information content (AvgIpc) is 3.00. The summed E-state index contributed by atoms with van der Waals surface area (Å²) >= 11 is 1.45. The first-order valence-electron chi connectivity index (χ1n) is 9.50. The Kier molecular flexibility index (Phi) is 6.41. The second-order valence-electron chi connectivity index (χ2n) is 6.82. The van der Waals surface area contributed by atoms with Crippen molar-refractivity contribution < 1.29 is 9.59 Å². The van der Waals surface area contributed by atoms with Gasteiger partial charge in [-0.1, -0.05) is 49.7 Å². The molecule has 0 radical (unpaired) electrons. The Morgan fingerprint density at radius 2 is 1.86 bits per heavy atom. The molecule has 0 aliphatic carbocycles. The molecule has 0 unspecified atom stereocenters. The number of anilines is 1. The van der Waals surface area contributed by atoms with Crippen LogP contribution in [0.2, 0.25) is 0 Å². The number of rotatable bonds is 7. The SMILES string of the molecule is CCCCN(CC(=O)Nc1nc(C)c(C)s1)C(=O)c1cccc2ccccc12. The number of thiazole rings is 1. The van der Waals surface area contributed by atoms with Crippen LogP contribution in [-0.4, -0.2) is 34.8 Å². The number of aryl methyl sites for hydroxylation is 2. The zero-order valence-electron chi connectivity index (χ0n) is 16.5. The highest BCUT2D eigenvalue weighted by Gasteiger charge is 2.21. The number of aromatic nitrogens is 1. The van der Waals surface area contributed by atoms with Crippen molar-refractivity contribution in [1.29, 1.82) is 0 Å². The third kappa shape index (κ3) is 4.57. The highest BCUT2D eigenvalue weighted by atomic mass is 32.1. The summed E-state index contributed by atoms with van der Waals surface area (Å²) in [6.45, 7) is 6.52. The molecule has 0 aliphatic rings. The molecule has 1 heterocycles. The quantitative estimate of drug-likeness (QED) is 0.625. The van der Waals surface area contributed by atoms with Crippen molar-refractivity contribution in [1.82, 2.24) is 9.88 Å². The third-order valence-electron chi connectivity index (χ3n) is 4.70. The molecule has 0 aliphatic heterocycles. The highest BCUT2D eigenvalue weighted by molar-refractivity contribution is 7.15. The average molecular weight is 396 g/mol. The van der Waals surface area contributed by atoms with E-state index in [2.05, 4.69) is 17.2 Å². The number of nitrogens with zero attached hydrogens (tertiary/aromatic N) is 2. The molecule has 28 heavy (non-hydrogen) atoms. The first kappa shape index (κ1) is 20.0. The molecule has 146 valence electrons. The third-order valence-corrected chi connectivity index (χ3v) is 5.69. The van der Waals surface area contributed by atoms with Gasteiger partial charge in [0, 0.05) is 17.0 Å². The predicted octanol–water partition coefficient (Wildman–Crippen LogP) is 4.79. The highest BCUT2D eigenvalue weighted by Crippen LogP contribution is 2.22. The van der Waals surface area contributed by atoms with E-state index in [1.54, 1.807) is 4.90 Å². The minimum Gasteiger partial charge on any atom is -0.329 e. The topological polar surface area (TPSA) is 62.3 Å². The summed E-state index contributed by atoms with van der Waals surface area (Å²) in [7, 11) is 0. The lowest BCUT2D eigenvalue weighted by atomic mass is 10.0. The zero-order valence-corrected chi connectivity index (χ0v) is 17.3. The van der Waals surface area contributed by atoms with Crippen LogP contribution in [0.15, 0.2) is 42.5 Å². The van der Waals surface area contributed by atoms with Gasteiger partial charge in [-0.3, -0.25) is 9.59 Å². The Bertz CT molecular complexity index is 972. The van der Waals surface area contributed by atoms with Crippen LogP contribution in [0.3, 0.4) is 0 Å². The standard InChI is InChI=1S/C22H25N3O2S/c1-4-5-13-25(14-20(26)24-22-23-15(2)16(3)28-22)21(27)19-12-8-10-17-9-6-7-11-18(17)19/h6-12H,4-5,13-14H2,1-3H3,(H,23,24,26). The lowest BCUT2D eigenvalue weighted by Crippen LogP contribution is -2.38. The number of unbranched alkanes of at least 4 members (excludes halogenated alkanes) is 1. The fourth-order valence-electron chi connectivity index (χ4n) is 3.04. The maximum atomic E-state index is 13.2. The Labute approximate surface area is 169 Å². The van der Waals surface area contributed by atoms with Crippen molar-refractivity contribution in [3.8, 4) is 0 Å². The van der Waals surface area contributed by atoms with Gasteiger partial charge >= 0.3 is 0 Å². The molecule has 0 saturated heterocycles. The lowest BCUT2D eigenvalue weighted by molar-refractivity contribution is -0.116. The fourth-order valence-corrected chi connectivity index (χ4v) is 3.87. The van der Waals surface area contributed by atoms with E-state index in [1.807, 2.05) is 56.3 Å². The van der Waals surface area contributed by atoms with E-state index in [0.717, 1.165) is 34.2 Å². The molecule has 1 N–H and O–H groups in total.